The Morgan fingerprint density at radius 3 is 2.38 bits per heavy atom. The lowest BCUT2D eigenvalue weighted by Crippen LogP contribution is -2.24. The predicted octanol–water partition coefficient (Wildman–Crippen LogP) is 1.43. The zero-order chi connectivity index (χ0) is 12.3. The first-order valence-corrected chi connectivity index (χ1v) is 4.82. The van der Waals surface area contributed by atoms with Gasteiger partial charge in [0.05, 0.1) is 17.8 Å². The van der Waals surface area contributed by atoms with Crippen LogP contribution in [0.2, 0.25) is 0 Å². The molecule has 88 valence electrons. The van der Waals surface area contributed by atoms with Gasteiger partial charge < -0.3 is 10.2 Å². The highest BCUT2D eigenvalue weighted by Crippen LogP contribution is 2.25. The minimum Gasteiger partial charge on any atom is -0.375 e. The summed E-state index contributed by atoms with van der Waals surface area (Å²) in [6.07, 6.45) is 0. The highest BCUT2D eigenvalue weighted by atomic mass is 19.1. The maximum Gasteiger partial charge on any atom is 0.181 e. The first-order chi connectivity index (χ1) is 7.49. The molecule has 0 saturated carbocycles. The summed E-state index contributed by atoms with van der Waals surface area (Å²) in [5.74, 6) is -1.78. The van der Waals surface area contributed by atoms with Crippen LogP contribution in [0.3, 0.4) is 0 Å². The fourth-order valence-electron chi connectivity index (χ4n) is 1.49. The number of carbonyl (C=O) groups excluding carboxylic acids is 1. The molecule has 1 aromatic rings. The van der Waals surface area contributed by atoms with Crippen molar-refractivity contribution in [2.24, 2.45) is 0 Å². The first-order valence-electron chi connectivity index (χ1n) is 4.82. The monoisotopic (exact) mass is 228 g/mol. The normalized spacial score (nSPS) is 10.3. The maximum atomic E-state index is 13.5. The Morgan fingerprint density at radius 1 is 1.31 bits per heavy atom. The van der Waals surface area contributed by atoms with E-state index in [0.29, 0.717) is 0 Å². The molecule has 0 amide bonds. The van der Waals surface area contributed by atoms with Gasteiger partial charge in [0.1, 0.15) is 11.6 Å². The van der Waals surface area contributed by atoms with Crippen molar-refractivity contribution in [3.8, 4) is 0 Å². The van der Waals surface area contributed by atoms with Gasteiger partial charge in [0.15, 0.2) is 5.78 Å². The number of nitrogens with one attached hydrogen (secondary N) is 1. The summed E-state index contributed by atoms with van der Waals surface area (Å²) in [4.78, 5) is 13.0. The molecule has 0 heterocycles. The summed E-state index contributed by atoms with van der Waals surface area (Å²) >= 11 is 0. The van der Waals surface area contributed by atoms with Crippen LogP contribution in [0.5, 0.6) is 0 Å². The molecule has 0 unspecified atom stereocenters. The third kappa shape index (κ3) is 2.36. The molecule has 0 bridgehead atoms. The van der Waals surface area contributed by atoms with E-state index in [1.54, 1.807) is 21.1 Å². The first kappa shape index (κ1) is 12.6. The molecule has 0 aromatic heterocycles. The van der Waals surface area contributed by atoms with Gasteiger partial charge in [-0.2, -0.15) is 0 Å². The largest absolute Gasteiger partial charge is 0.375 e. The van der Waals surface area contributed by atoms with Crippen molar-refractivity contribution >= 4 is 11.5 Å². The average Bonchev–Trinajstić information content (AvgIpc) is 2.20. The van der Waals surface area contributed by atoms with Crippen molar-refractivity contribution < 1.29 is 13.6 Å². The number of hydrogen-bond donors (Lipinski definition) is 1. The maximum absolute atomic E-state index is 13.5. The number of ketones is 1. The molecular weight excluding hydrogens is 214 g/mol. The van der Waals surface area contributed by atoms with Crippen LogP contribution in [0.4, 0.5) is 14.5 Å². The summed E-state index contributed by atoms with van der Waals surface area (Å²) in [5, 5.41) is 2.62. The standard InChI is InChI=1S/C11H14F2N2O/c1-14-6-9(16)10-7(12)4-5-8(13)11(10)15(2)3/h4-5,14H,6H2,1-3H3. The summed E-state index contributed by atoms with van der Waals surface area (Å²) in [5.41, 5.74) is -0.223. The lowest BCUT2D eigenvalue weighted by molar-refractivity contribution is 0.0990. The van der Waals surface area contributed by atoms with Crippen molar-refractivity contribution in [1.82, 2.24) is 5.32 Å². The number of rotatable bonds is 4. The van der Waals surface area contributed by atoms with E-state index < -0.39 is 17.4 Å². The summed E-state index contributed by atoms with van der Waals surface area (Å²) in [6.45, 7) is -0.0266. The molecule has 0 aliphatic carbocycles. The summed E-state index contributed by atoms with van der Waals surface area (Å²) < 4.78 is 27.0. The molecule has 0 aliphatic heterocycles. The third-order valence-electron chi connectivity index (χ3n) is 2.14. The van der Waals surface area contributed by atoms with E-state index in [9.17, 15) is 13.6 Å². The van der Waals surface area contributed by atoms with E-state index in [1.807, 2.05) is 0 Å². The lowest BCUT2D eigenvalue weighted by Gasteiger charge is -2.18. The molecule has 0 radical (unpaired) electrons. The van der Waals surface area contributed by atoms with Crippen LogP contribution in [-0.2, 0) is 0 Å². The van der Waals surface area contributed by atoms with Crippen molar-refractivity contribution in [1.29, 1.82) is 0 Å². The molecule has 0 fully saturated rings. The van der Waals surface area contributed by atoms with Crippen LogP contribution in [0.25, 0.3) is 0 Å². The van der Waals surface area contributed by atoms with Crippen molar-refractivity contribution in [3.05, 3.63) is 29.3 Å². The van der Waals surface area contributed by atoms with Gasteiger partial charge in [-0.1, -0.05) is 0 Å². The van der Waals surface area contributed by atoms with Crippen LogP contribution >= 0.6 is 0 Å². The number of hydrogen-bond acceptors (Lipinski definition) is 3. The van der Waals surface area contributed by atoms with Gasteiger partial charge in [0, 0.05) is 14.1 Å². The molecule has 5 heteroatoms. The van der Waals surface area contributed by atoms with E-state index in [1.165, 1.54) is 4.90 Å². The minimum atomic E-state index is -0.703. The molecule has 3 nitrogen and oxygen atoms in total. The van der Waals surface area contributed by atoms with E-state index in [4.69, 9.17) is 0 Å². The molecule has 16 heavy (non-hydrogen) atoms. The highest BCUT2D eigenvalue weighted by molar-refractivity contribution is 6.03. The van der Waals surface area contributed by atoms with E-state index in [2.05, 4.69) is 5.32 Å². The summed E-state index contributed by atoms with van der Waals surface area (Å²) in [6, 6.07) is 1.98. The van der Waals surface area contributed by atoms with Crippen molar-refractivity contribution in [2.45, 2.75) is 0 Å². The van der Waals surface area contributed by atoms with Gasteiger partial charge in [-0.15, -0.1) is 0 Å². The Kier molecular flexibility index (Phi) is 3.95. The molecule has 1 N–H and O–H groups in total. The van der Waals surface area contributed by atoms with Crippen molar-refractivity contribution in [2.75, 3.05) is 32.6 Å². The average molecular weight is 228 g/mol. The summed E-state index contributed by atoms with van der Waals surface area (Å²) in [7, 11) is 4.70. The number of likely N-dealkylation sites (N-methyl/N-ethyl adjacent to an activating group) is 1. The van der Waals surface area contributed by atoms with Gasteiger partial charge >= 0.3 is 0 Å². The van der Waals surface area contributed by atoms with E-state index >= 15 is 0 Å². The quantitative estimate of drug-likeness (QED) is 0.791. The Balaban J connectivity index is 3.34. The second-order valence-electron chi connectivity index (χ2n) is 3.60. The van der Waals surface area contributed by atoms with Crippen molar-refractivity contribution in [3.63, 3.8) is 0 Å². The molecule has 0 saturated heterocycles. The number of Topliss-reactive ketones (excluding diaryl/α,β-unsaturated/α-hetero) is 1. The van der Waals surface area contributed by atoms with E-state index in [-0.39, 0.29) is 17.8 Å². The zero-order valence-electron chi connectivity index (χ0n) is 9.47. The Bertz CT molecular complexity index is 405. The predicted molar refractivity (Wildman–Crippen MR) is 58.9 cm³/mol. The highest BCUT2D eigenvalue weighted by Gasteiger charge is 2.20. The van der Waals surface area contributed by atoms with Gasteiger partial charge in [-0.05, 0) is 19.2 Å². The van der Waals surface area contributed by atoms with E-state index in [0.717, 1.165) is 12.1 Å². The van der Waals surface area contributed by atoms with Gasteiger partial charge in [0.2, 0.25) is 0 Å². The van der Waals surface area contributed by atoms with Crippen LogP contribution in [0, 0.1) is 11.6 Å². The topological polar surface area (TPSA) is 32.3 Å². The fraction of sp³-hybridized carbons (Fsp3) is 0.364. The molecule has 0 aliphatic rings. The molecule has 0 atom stereocenters. The second-order valence-corrected chi connectivity index (χ2v) is 3.60. The fourth-order valence-corrected chi connectivity index (χ4v) is 1.49. The van der Waals surface area contributed by atoms with Crippen LogP contribution < -0.4 is 10.2 Å². The Hall–Kier alpha value is -1.49. The number of halogens is 2. The third-order valence-corrected chi connectivity index (χ3v) is 2.14. The Labute approximate surface area is 93.1 Å². The van der Waals surface area contributed by atoms with Crippen LogP contribution in [0.15, 0.2) is 12.1 Å². The SMILES string of the molecule is CNCC(=O)c1c(F)ccc(F)c1N(C)C. The van der Waals surface area contributed by atoms with Gasteiger partial charge in [0.25, 0.3) is 0 Å². The van der Waals surface area contributed by atoms with Crippen LogP contribution in [0.1, 0.15) is 10.4 Å². The zero-order valence-corrected chi connectivity index (χ0v) is 9.47. The Morgan fingerprint density at radius 2 is 1.88 bits per heavy atom. The lowest BCUT2D eigenvalue weighted by atomic mass is 10.1. The number of anilines is 1. The van der Waals surface area contributed by atoms with Gasteiger partial charge in [-0.3, -0.25) is 4.79 Å². The van der Waals surface area contributed by atoms with Gasteiger partial charge in [-0.25, -0.2) is 8.78 Å². The second kappa shape index (κ2) is 5.03. The molecule has 0 spiro atoms. The number of nitrogens with zero attached hydrogens (tertiary/aromatic N) is 1. The number of benzene rings is 1. The smallest absolute Gasteiger partial charge is 0.181 e. The minimum absolute atomic E-state index is 0.0137. The molecule has 1 aromatic carbocycles. The molecule has 1 rings (SSSR count). The molecular formula is C11H14F2N2O. The number of carbonyl (C=O) groups is 1. The van der Waals surface area contributed by atoms with Crippen LogP contribution in [-0.4, -0.2) is 33.5 Å².